The van der Waals surface area contributed by atoms with Crippen molar-refractivity contribution in [2.24, 2.45) is 5.84 Å². The van der Waals surface area contributed by atoms with Gasteiger partial charge in [-0.25, -0.2) is 0 Å². The van der Waals surface area contributed by atoms with Crippen molar-refractivity contribution in [3.63, 3.8) is 0 Å². The summed E-state index contributed by atoms with van der Waals surface area (Å²) in [6, 6.07) is 3.88. The lowest BCUT2D eigenvalue weighted by Gasteiger charge is -2.25. The van der Waals surface area contributed by atoms with Gasteiger partial charge in [0.25, 0.3) is 0 Å². The number of nitrogens with two attached hydrogens (primary N) is 1. The van der Waals surface area contributed by atoms with E-state index in [0.29, 0.717) is 0 Å². The summed E-state index contributed by atoms with van der Waals surface area (Å²) in [7, 11) is 1.72. The van der Waals surface area contributed by atoms with Gasteiger partial charge in [-0.1, -0.05) is 0 Å². The Morgan fingerprint density at radius 1 is 1.59 bits per heavy atom. The molecule has 0 aliphatic heterocycles. The quantitative estimate of drug-likeness (QED) is 0.626. The largest absolute Gasteiger partial charge is 0.379 e. The number of nitrogens with zero attached hydrogens (tertiary/aromatic N) is 1. The summed E-state index contributed by atoms with van der Waals surface area (Å²) in [5.74, 6) is 5.59. The molecule has 1 aromatic rings. The number of hydrazine groups is 1. The number of rotatable bonds is 6. The lowest BCUT2D eigenvalue weighted by atomic mass is 9.97. The minimum atomic E-state index is -0.143. The molecule has 96 valence electrons. The van der Waals surface area contributed by atoms with Gasteiger partial charge in [0, 0.05) is 17.8 Å². The van der Waals surface area contributed by atoms with Crippen LogP contribution in [-0.4, -0.2) is 17.7 Å². The summed E-state index contributed by atoms with van der Waals surface area (Å²) in [6.07, 6.45) is 3.54. The van der Waals surface area contributed by atoms with Gasteiger partial charge in [-0.2, -0.15) is 0 Å². The second kappa shape index (κ2) is 6.44. The maximum absolute atomic E-state index is 5.59. The van der Waals surface area contributed by atoms with Gasteiger partial charge >= 0.3 is 0 Å². The lowest BCUT2D eigenvalue weighted by Crippen LogP contribution is -2.31. The molecule has 17 heavy (non-hydrogen) atoms. The molecule has 0 amide bonds. The summed E-state index contributed by atoms with van der Waals surface area (Å²) >= 11 is 3.49. The minimum Gasteiger partial charge on any atom is -0.379 e. The predicted octanol–water partition coefficient (Wildman–Crippen LogP) is 2.55. The van der Waals surface area contributed by atoms with Crippen LogP contribution in [0, 0.1) is 0 Å². The van der Waals surface area contributed by atoms with Gasteiger partial charge in [0.1, 0.15) is 0 Å². The van der Waals surface area contributed by atoms with E-state index in [9.17, 15) is 0 Å². The first-order chi connectivity index (χ1) is 8.00. The lowest BCUT2D eigenvalue weighted by molar-refractivity contribution is 0.0116. The van der Waals surface area contributed by atoms with E-state index in [0.717, 1.165) is 23.0 Å². The highest BCUT2D eigenvalue weighted by molar-refractivity contribution is 9.10. The Kier molecular flexibility index (Phi) is 5.52. The Morgan fingerprint density at radius 3 is 2.82 bits per heavy atom. The number of aromatic nitrogens is 1. The first-order valence-corrected chi connectivity index (χ1v) is 6.41. The zero-order valence-electron chi connectivity index (χ0n) is 10.5. The van der Waals surface area contributed by atoms with Gasteiger partial charge < -0.3 is 4.74 Å². The molecule has 0 saturated carbocycles. The van der Waals surface area contributed by atoms with Crippen LogP contribution in [0.25, 0.3) is 0 Å². The van der Waals surface area contributed by atoms with Crippen molar-refractivity contribution >= 4 is 15.9 Å². The van der Waals surface area contributed by atoms with E-state index < -0.39 is 0 Å². The molecule has 4 nitrogen and oxygen atoms in total. The van der Waals surface area contributed by atoms with Gasteiger partial charge in [0.15, 0.2) is 0 Å². The third-order valence-electron chi connectivity index (χ3n) is 2.91. The second-order valence-electron chi connectivity index (χ2n) is 4.59. The first kappa shape index (κ1) is 14.6. The number of halogens is 1. The fourth-order valence-corrected chi connectivity index (χ4v) is 2.08. The van der Waals surface area contributed by atoms with E-state index in [1.807, 2.05) is 12.1 Å². The van der Waals surface area contributed by atoms with E-state index in [2.05, 4.69) is 40.2 Å². The van der Waals surface area contributed by atoms with Gasteiger partial charge in [0.2, 0.25) is 0 Å². The Morgan fingerprint density at radius 2 is 2.29 bits per heavy atom. The van der Waals surface area contributed by atoms with Gasteiger partial charge in [-0.3, -0.25) is 16.3 Å². The molecule has 0 saturated heterocycles. The molecule has 5 heteroatoms. The van der Waals surface area contributed by atoms with Gasteiger partial charge in [-0.05, 0) is 54.8 Å². The third kappa shape index (κ3) is 4.35. The fraction of sp³-hybridized carbons (Fsp3) is 0.583. The summed E-state index contributed by atoms with van der Waals surface area (Å²) in [5, 5.41) is 0. The van der Waals surface area contributed by atoms with Crippen LogP contribution in [-0.2, 0) is 4.74 Å². The highest BCUT2D eigenvalue weighted by Gasteiger charge is 2.21. The van der Waals surface area contributed by atoms with E-state index >= 15 is 0 Å². The fourth-order valence-electron chi connectivity index (χ4n) is 1.55. The maximum atomic E-state index is 5.59. The van der Waals surface area contributed by atoms with Gasteiger partial charge in [-0.15, -0.1) is 0 Å². The van der Waals surface area contributed by atoms with E-state index in [1.165, 1.54) is 0 Å². The molecule has 0 bridgehead atoms. The van der Waals surface area contributed by atoms with Crippen LogP contribution in [0.4, 0.5) is 0 Å². The summed E-state index contributed by atoms with van der Waals surface area (Å²) in [6.45, 7) is 4.13. The molecule has 0 spiro atoms. The Balaban J connectivity index is 2.70. The Bertz CT molecular complexity index is 357. The molecule has 0 radical (unpaired) electrons. The zero-order chi connectivity index (χ0) is 12.9. The molecule has 1 heterocycles. The van der Waals surface area contributed by atoms with Crippen LogP contribution in [0.3, 0.4) is 0 Å². The highest BCUT2D eigenvalue weighted by Crippen LogP contribution is 2.27. The topological polar surface area (TPSA) is 60.2 Å². The number of nitrogens with one attached hydrogen (secondary N) is 1. The van der Waals surface area contributed by atoms with Crippen molar-refractivity contribution < 1.29 is 4.74 Å². The van der Waals surface area contributed by atoms with Crippen molar-refractivity contribution in [3.05, 3.63) is 28.5 Å². The monoisotopic (exact) mass is 301 g/mol. The van der Waals surface area contributed by atoms with Crippen molar-refractivity contribution in [2.45, 2.75) is 38.3 Å². The number of pyridine rings is 1. The SMILES string of the molecule is COC(C)(C)CCC(NN)c1ncccc1Br. The van der Waals surface area contributed by atoms with E-state index in [-0.39, 0.29) is 11.6 Å². The maximum Gasteiger partial charge on any atom is 0.0728 e. The molecule has 3 N–H and O–H groups in total. The first-order valence-electron chi connectivity index (χ1n) is 5.62. The van der Waals surface area contributed by atoms with Crippen LogP contribution < -0.4 is 11.3 Å². The molecule has 0 aliphatic rings. The molecular formula is C12H20BrN3O. The number of hydrogen-bond acceptors (Lipinski definition) is 4. The van der Waals surface area contributed by atoms with Crippen LogP contribution in [0.5, 0.6) is 0 Å². The summed E-state index contributed by atoms with van der Waals surface area (Å²) < 4.78 is 6.37. The van der Waals surface area contributed by atoms with Crippen molar-refractivity contribution in [3.8, 4) is 0 Å². The van der Waals surface area contributed by atoms with Crippen LogP contribution in [0.15, 0.2) is 22.8 Å². The highest BCUT2D eigenvalue weighted by atomic mass is 79.9. The summed E-state index contributed by atoms with van der Waals surface area (Å²) in [4.78, 5) is 4.35. The standard InChI is InChI=1S/C12H20BrN3O/c1-12(2,17-3)7-6-10(16-14)11-9(13)5-4-8-15-11/h4-5,8,10,16H,6-7,14H2,1-3H3. The molecule has 1 rings (SSSR count). The number of hydrogen-bond donors (Lipinski definition) is 2. The second-order valence-corrected chi connectivity index (χ2v) is 5.45. The smallest absolute Gasteiger partial charge is 0.0728 e. The molecule has 0 aliphatic carbocycles. The van der Waals surface area contributed by atoms with Crippen LogP contribution >= 0.6 is 15.9 Å². The van der Waals surface area contributed by atoms with Crippen molar-refractivity contribution in [1.29, 1.82) is 0 Å². The zero-order valence-corrected chi connectivity index (χ0v) is 12.1. The normalized spacial score (nSPS) is 13.7. The molecule has 1 unspecified atom stereocenters. The average Bonchev–Trinajstić information content (AvgIpc) is 2.32. The van der Waals surface area contributed by atoms with Crippen LogP contribution in [0.2, 0.25) is 0 Å². The molecule has 1 atom stereocenters. The summed E-state index contributed by atoms with van der Waals surface area (Å²) in [5.41, 5.74) is 3.60. The molecular weight excluding hydrogens is 282 g/mol. The Labute approximate surface area is 111 Å². The van der Waals surface area contributed by atoms with Crippen LogP contribution in [0.1, 0.15) is 38.4 Å². The minimum absolute atomic E-state index is 0.0278. The number of methoxy groups -OCH3 is 1. The number of ether oxygens (including phenoxy) is 1. The van der Waals surface area contributed by atoms with E-state index in [4.69, 9.17) is 10.6 Å². The van der Waals surface area contributed by atoms with E-state index in [1.54, 1.807) is 13.3 Å². The van der Waals surface area contributed by atoms with Gasteiger partial charge in [0.05, 0.1) is 17.3 Å². The van der Waals surface area contributed by atoms with Crippen molar-refractivity contribution in [2.75, 3.05) is 7.11 Å². The third-order valence-corrected chi connectivity index (χ3v) is 3.58. The molecule has 0 aromatic carbocycles. The Hall–Kier alpha value is -0.490. The molecule has 1 aromatic heterocycles. The van der Waals surface area contributed by atoms with Crippen molar-refractivity contribution in [1.82, 2.24) is 10.4 Å². The predicted molar refractivity (Wildman–Crippen MR) is 72.3 cm³/mol. The molecule has 0 fully saturated rings. The average molecular weight is 302 g/mol.